The Bertz CT molecular complexity index is 428. The molecule has 0 bridgehead atoms. The topological polar surface area (TPSA) is 66.9 Å². The average Bonchev–Trinajstić information content (AvgIpc) is 2.29. The maximum Gasteiger partial charge on any atom is 0.128 e. The normalized spacial score (nSPS) is 12.1. The van der Waals surface area contributed by atoms with E-state index in [1.54, 1.807) is 0 Å². The SMILES string of the molecule is N#Cc1ccc(CS(=O)CCCN)c(F)c1. The van der Waals surface area contributed by atoms with Crippen LogP contribution in [-0.2, 0) is 16.6 Å². The van der Waals surface area contributed by atoms with Gasteiger partial charge in [-0.3, -0.25) is 4.21 Å². The van der Waals surface area contributed by atoms with Crippen LogP contribution >= 0.6 is 0 Å². The zero-order chi connectivity index (χ0) is 12.0. The fraction of sp³-hybridized carbons (Fsp3) is 0.364. The molecule has 0 radical (unpaired) electrons. The molecule has 0 heterocycles. The molecule has 16 heavy (non-hydrogen) atoms. The highest BCUT2D eigenvalue weighted by molar-refractivity contribution is 7.84. The van der Waals surface area contributed by atoms with Crippen molar-refractivity contribution in [1.82, 2.24) is 0 Å². The van der Waals surface area contributed by atoms with Crippen LogP contribution in [0, 0.1) is 17.1 Å². The molecule has 3 nitrogen and oxygen atoms in total. The number of benzene rings is 1. The fourth-order valence-electron chi connectivity index (χ4n) is 1.22. The van der Waals surface area contributed by atoms with Crippen LogP contribution in [0.2, 0.25) is 0 Å². The van der Waals surface area contributed by atoms with E-state index in [0.717, 1.165) is 6.07 Å². The maximum atomic E-state index is 13.4. The third kappa shape index (κ3) is 3.72. The first-order valence-electron chi connectivity index (χ1n) is 4.91. The Labute approximate surface area is 96.5 Å². The van der Waals surface area contributed by atoms with Crippen LogP contribution in [0.1, 0.15) is 17.5 Å². The van der Waals surface area contributed by atoms with Crippen LogP contribution in [0.3, 0.4) is 0 Å². The first kappa shape index (κ1) is 12.8. The molecule has 1 aromatic carbocycles. The van der Waals surface area contributed by atoms with Gasteiger partial charge in [-0.25, -0.2) is 4.39 Å². The van der Waals surface area contributed by atoms with E-state index >= 15 is 0 Å². The summed E-state index contributed by atoms with van der Waals surface area (Å²) in [6.07, 6.45) is 0.671. The van der Waals surface area contributed by atoms with Crippen molar-refractivity contribution < 1.29 is 8.60 Å². The van der Waals surface area contributed by atoms with Crippen molar-refractivity contribution in [3.05, 3.63) is 35.1 Å². The van der Waals surface area contributed by atoms with Gasteiger partial charge in [-0.15, -0.1) is 0 Å². The van der Waals surface area contributed by atoms with Crippen molar-refractivity contribution in [2.75, 3.05) is 12.3 Å². The highest BCUT2D eigenvalue weighted by Crippen LogP contribution is 2.12. The van der Waals surface area contributed by atoms with Crippen molar-refractivity contribution >= 4 is 10.8 Å². The van der Waals surface area contributed by atoms with Gasteiger partial charge < -0.3 is 5.73 Å². The highest BCUT2D eigenvalue weighted by Gasteiger charge is 2.07. The van der Waals surface area contributed by atoms with Gasteiger partial charge in [-0.05, 0) is 25.1 Å². The fourth-order valence-corrected chi connectivity index (χ4v) is 2.44. The summed E-state index contributed by atoms with van der Waals surface area (Å²) >= 11 is 0. The second-order valence-electron chi connectivity index (χ2n) is 3.35. The minimum Gasteiger partial charge on any atom is -0.330 e. The number of hydrogen-bond donors (Lipinski definition) is 1. The number of nitrogens with two attached hydrogens (primary N) is 1. The molecular formula is C11H13FN2OS. The molecule has 0 aliphatic rings. The lowest BCUT2D eigenvalue weighted by Gasteiger charge is -2.03. The molecule has 1 aromatic rings. The monoisotopic (exact) mass is 240 g/mol. The molecule has 1 unspecified atom stereocenters. The van der Waals surface area contributed by atoms with Gasteiger partial charge >= 0.3 is 0 Å². The second kappa shape index (κ2) is 6.36. The summed E-state index contributed by atoms with van der Waals surface area (Å²) in [5.41, 5.74) is 5.95. The Morgan fingerprint density at radius 2 is 2.25 bits per heavy atom. The summed E-state index contributed by atoms with van der Waals surface area (Å²) in [6.45, 7) is 0.488. The number of nitriles is 1. The molecule has 0 aliphatic heterocycles. The first-order valence-corrected chi connectivity index (χ1v) is 6.39. The summed E-state index contributed by atoms with van der Waals surface area (Å²) in [5.74, 6) is 0.188. The average molecular weight is 240 g/mol. The van der Waals surface area contributed by atoms with E-state index in [0.29, 0.717) is 24.3 Å². The first-order chi connectivity index (χ1) is 7.67. The summed E-state index contributed by atoms with van der Waals surface area (Å²) in [7, 11) is -1.09. The highest BCUT2D eigenvalue weighted by atomic mass is 32.2. The summed E-state index contributed by atoms with van der Waals surface area (Å²) in [6, 6.07) is 6.05. The Balaban J connectivity index is 2.68. The van der Waals surface area contributed by atoms with Gasteiger partial charge in [-0.2, -0.15) is 5.26 Å². The molecule has 1 rings (SSSR count). The smallest absolute Gasteiger partial charge is 0.128 e. The maximum absolute atomic E-state index is 13.4. The minimum atomic E-state index is -1.09. The summed E-state index contributed by atoms with van der Waals surface area (Å²) in [4.78, 5) is 0. The van der Waals surface area contributed by atoms with E-state index < -0.39 is 16.6 Å². The van der Waals surface area contributed by atoms with Crippen molar-refractivity contribution in [2.45, 2.75) is 12.2 Å². The van der Waals surface area contributed by atoms with Crippen molar-refractivity contribution in [2.24, 2.45) is 5.73 Å². The van der Waals surface area contributed by atoms with Crippen LogP contribution in [0.4, 0.5) is 4.39 Å². The molecule has 0 spiro atoms. The summed E-state index contributed by atoms with van der Waals surface area (Å²) < 4.78 is 24.9. The molecule has 0 saturated heterocycles. The van der Waals surface area contributed by atoms with Crippen molar-refractivity contribution in [1.29, 1.82) is 5.26 Å². The van der Waals surface area contributed by atoms with E-state index in [1.165, 1.54) is 12.1 Å². The van der Waals surface area contributed by atoms with Gasteiger partial charge in [0.25, 0.3) is 0 Å². The Morgan fingerprint density at radius 1 is 1.50 bits per heavy atom. The Kier molecular flexibility index (Phi) is 5.09. The number of rotatable bonds is 5. The van der Waals surface area contributed by atoms with Gasteiger partial charge in [0.15, 0.2) is 0 Å². The molecule has 5 heteroatoms. The largest absolute Gasteiger partial charge is 0.330 e. The van der Waals surface area contributed by atoms with Crippen molar-refractivity contribution in [3.63, 3.8) is 0 Å². The third-order valence-corrected chi connectivity index (χ3v) is 3.45. The van der Waals surface area contributed by atoms with Crippen LogP contribution in [-0.4, -0.2) is 16.5 Å². The van der Waals surface area contributed by atoms with E-state index in [-0.39, 0.29) is 11.3 Å². The lowest BCUT2D eigenvalue weighted by Crippen LogP contribution is -2.08. The number of halogens is 1. The lowest BCUT2D eigenvalue weighted by atomic mass is 10.1. The predicted molar refractivity (Wildman–Crippen MR) is 61.5 cm³/mol. The van der Waals surface area contributed by atoms with Gasteiger partial charge in [0.2, 0.25) is 0 Å². The molecule has 0 aliphatic carbocycles. The van der Waals surface area contributed by atoms with E-state index in [9.17, 15) is 8.60 Å². The minimum absolute atomic E-state index is 0.178. The standard InChI is InChI=1S/C11H13FN2OS/c12-11-6-9(7-14)2-3-10(11)8-16(15)5-1-4-13/h2-3,6H,1,4-5,8,13H2. The number of hydrogen-bond acceptors (Lipinski definition) is 3. The van der Waals surface area contributed by atoms with Crippen LogP contribution in [0.5, 0.6) is 0 Å². The molecule has 2 N–H and O–H groups in total. The van der Waals surface area contributed by atoms with Gasteiger partial charge in [-0.1, -0.05) is 6.07 Å². The predicted octanol–water partition coefficient (Wildman–Crippen LogP) is 1.29. The van der Waals surface area contributed by atoms with Crippen LogP contribution < -0.4 is 5.73 Å². The van der Waals surface area contributed by atoms with Crippen LogP contribution in [0.25, 0.3) is 0 Å². The Hall–Kier alpha value is -1.25. The quantitative estimate of drug-likeness (QED) is 0.843. The molecule has 0 saturated carbocycles. The lowest BCUT2D eigenvalue weighted by molar-refractivity contribution is 0.614. The van der Waals surface area contributed by atoms with Crippen molar-refractivity contribution in [3.8, 4) is 6.07 Å². The molecule has 86 valence electrons. The summed E-state index contributed by atoms with van der Waals surface area (Å²) in [5, 5.41) is 8.56. The van der Waals surface area contributed by atoms with Gasteiger partial charge in [0, 0.05) is 22.1 Å². The second-order valence-corrected chi connectivity index (χ2v) is 4.93. The number of nitrogens with zero attached hydrogens (tertiary/aromatic N) is 1. The molecule has 0 aromatic heterocycles. The zero-order valence-corrected chi connectivity index (χ0v) is 9.60. The molecule has 0 amide bonds. The van der Waals surface area contributed by atoms with Crippen LogP contribution in [0.15, 0.2) is 18.2 Å². The molecular weight excluding hydrogens is 227 g/mol. The molecule has 0 fully saturated rings. The zero-order valence-electron chi connectivity index (χ0n) is 8.78. The van der Waals surface area contributed by atoms with Gasteiger partial charge in [0.05, 0.1) is 17.4 Å². The third-order valence-electron chi connectivity index (χ3n) is 2.07. The molecule has 1 atom stereocenters. The van der Waals surface area contributed by atoms with E-state index in [4.69, 9.17) is 11.0 Å². The Morgan fingerprint density at radius 3 is 2.81 bits per heavy atom. The van der Waals surface area contributed by atoms with E-state index in [1.807, 2.05) is 6.07 Å². The van der Waals surface area contributed by atoms with Gasteiger partial charge in [0.1, 0.15) is 5.82 Å². The van der Waals surface area contributed by atoms with E-state index in [2.05, 4.69) is 0 Å².